The number of nitrogens with two attached hydrogens (primary N) is 1. The molecule has 2 rings (SSSR count). The van der Waals surface area contributed by atoms with Crippen LogP contribution in [0.2, 0.25) is 0 Å². The summed E-state index contributed by atoms with van der Waals surface area (Å²) in [6.45, 7) is 1.56. The van der Waals surface area contributed by atoms with Gasteiger partial charge in [0.25, 0.3) is 0 Å². The highest BCUT2D eigenvalue weighted by Crippen LogP contribution is 2.20. The number of aliphatic hydroxyl groups excluding tert-OH is 1. The molecule has 1 saturated heterocycles. The summed E-state index contributed by atoms with van der Waals surface area (Å²) in [6, 6.07) is -0.635. The molecule has 0 aromatic carbocycles. The van der Waals surface area contributed by atoms with E-state index in [9.17, 15) is 4.79 Å². The maximum atomic E-state index is 12.2. The van der Waals surface area contributed by atoms with Crippen molar-refractivity contribution < 1.29 is 9.90 Å². The van der Waals surface area contributed by atoms with Crippen molar-refractivity contribution in [1.29, 1.82) is 0 Å². The Labute approximate surface area is 106 Å². The normalized spacial score (nSPS) is 18.9. The Balaban J connectivity index is 1.95. The van der Waals surface area contributed by atoms with E-state index in [1.54, 1.807) is 29.0 Å². The second-order valence-corrected chi connectivity index (χ2v) is 4.88. The Morgan fingerprint density at radius 1 is 1.61 bits per heavy atom. The summed E-state index contributed by atoms with van der Waals surface area (Å²) in [6.07, 6.45) is 5.09. The van der Waals surface area contributed by atoms with Crippen LogP contribution < -0.4 is 5.73 Å². The van der Waals surface area contributed by atoms with Crippen LogP contribution in [0.3, 0.4) is 0 Å². The highest BCUT2D eigenvalue weighted by atomic mass is 16.3. The second kappa shape index (κ2) is 5.49. The molecular formula is C12H20N4O2. The van der Waals surface area contributed by atoms with Gasteiger partial charge in [0.2, 0.25) is 5.91 Å². The molecule has 0 spiro atoms. The number of aromatic nitrogens is 2. The third kappa shape index (κ3) is 2.70. The third-order valence-electron chi connectivity index (χ3n) is 3.53. The molecule has 1 aromatic heterocycles. The van der Waals surface area contributed by atoms with E-state index in [2.05, 4.69) is 5.10 Å². The quantitative estimate of drug-likeness (QED) is 0.770. The number of hydrogen-bond donors (Lipinski definition) is 2. The van der Waals surface area contributed by atoms with Crippen LogP contribution in [0.4, 0.5) is 0 Å². The van der Waals surface area contributed by atoms with Crippen LogP contribution in [-0.2, 0) is 11.8 Å². The van der Waals surface area contributed by atoms with Crippen LogP contribution in [-0.4, -0.2) is 45.4 Å². The summed E-state index contributed by atoms with van der Waals surface area (Å²) in [5.41, 5.74) is 6.70. The zero-order valence-corrected chi connectivity index (χ0v) is 10.6. The van der Waals surface area contributed by atoms with Crippen molar-refractivity contribution in [3.05, 3.63) is 18.0 Å². The summed E-state index contributed by atoms with van der Waals surface area (Å²) in [5, 5.41) is 13.1. The van der Waals surface area contributed by atoms with Crippen LogP contribution in [0.5, 0.6) is 0 Å². The van der Waals surface area contributed by atoms with Crippen molar-refractivity contribution in [3.63, 3.8) is 0 Å². The lowest BCUT2D eigenvalue weighted by atomic mass is 9.97. The Hall–Kier alpha value is -1.40. The molecule has 6 nitrogen and oxygen atoms in total. The Morgan fingerprint density at radius 3 is 2.78 bits per heavy atom. The maximum absolute atomic E-state index is 12.2. The van der Waals surface area contributed by atoms with Gasteiger partial charge >= 0.3 is 0 Å². The predicted octanol–water partition coefficient (Wildman–Crippen LogP) is -0.349. The average molecular weight is 252 g/mol. The van der Waals surface area contributed by atoms with Gasteiger partial charge in [-0.05, 0) is 18.8 Å². The van der Waals surface area contributed by atoms with Crippen molar-refractivity contribution in [1.82, 2.24) is 14.7 Å². The zero-order chi connectivity index (χ0) is 13.1. The minimum absolute atomic E-state index is 0.0561. The van der Waals surface area contributed by atoms with Crippen molar-refractivity contribution in [2.45, 2.75) is 18.9 Å². The maximum Gasteiger partial charge on any atom is 0.244 e. The number of rotatable bonds is 3. The first-order valence-electron chi connectivity index (χ1n) is 6.25. The lowest BCUT2D eigenvalue weighted by Gasteiger charge is -2.32. The van der Waals surface area contributed by atoms with E-state index in [0.717, 1.165) is 18.4 Å². The summed E-state index contributed by atoms with van der Waals surface area (Å²) in [7, 11) is 1.80. The fourth-order valence-corrected chi connectivity index (χ4v) is 2.28. The van der Waals surface area contributed by atoms with Gasteiger partial charge < -0.3 is 15.7 Å². The lowest BCUT2D eigenvalue weighted by Crippen LogP contribution is -2.43. The standard InChI is InChI=1S/C12H20N4O2/c1-15-7-10(6-14-15)11(13)12(18)16-4-2-9(8-17)3-5-16/h6-7,9,11,17H,2-5,8,13H2,1H3. The number of aryl methyl sites for hydroxylation is 1. The van der Waals surface area contributed by atoms with E-state index in [1.807, 2.05) is 0 Å². The average Bonchev–Trinajstić information content (AvgIpc) is 2.84. The van der Waals surface area contributed by atoms with Crippen LogP contribution >= 0.6 is 0 Å². The van der Waals surface area contributed by atoms with Gasteiger partial charge in [-0.25, -0.2) is 0 Å². The highest BCUT2D eigenvalue weighted by molar-refractivity contribution is 5.83. The predicted molar refractivity (Wildman–Crippen MR) is 66.5 cm³/mol. The van der Waals surface area contributed by atoms with Gasteiger partial charge in [-0.3, -0.25) is 9.48 Å². The molecule has 100 valence electrons. The lowest BCUT2D eigenvalue weighted by molar-refractivity contribution is -0.134. The van der Waals surface area contributed by atoms with Gasteiger partial charge in [0.15, 0.2) is 0 Å². The molecule has 1 aliphatic rings. The van der Waals surface area contributed by atoms with E-state index in [0.29, 0.717) is 19.0 Å². The number of likely N-dealkylation sites (tertiary alicyclic amines) is 1. The number of hydrogen-bond acceptors (Lipinski definition) is 4. The number of nitrogens with zero attached hydrogens (tertiary/aromatic N) is 3. The number of aliphatic hydroxyl groups is 1. The van der Waals surface area contributed by atoms with Gasteiger partial charge in [-0.15, -0.1) is 0 Å². The summed E-state index contributed by atoms with van der Waals surface area (Å²) in [5.74, 6) is 0.267. The molecule has 1 atom stereocenters. The van der Waals surface area contributed by atoms with E-state index in [-0.39, 0.29) is 12.5 Å². The van der Waals surface area contributed by atoms with Crippen molar-refractivity contribution >= 4 is 5.91 Å². The molecule has 3 N–H and O–H groups in total. The largest absolute Gasteiger partial charge is 0.396 e. The first kappa shape index (κ1) is 13.0. The fraction of sp³-hybridized carbons (Fsp3) is 0.667. The van der Waals surface area contributed by atoms with Gasteiger partial charge in [-0.2, -0.15) is 5.10 Å². The summed E-state index contributed by atoms with van der Waals surface area (Å²) >= 11 is 0. The zero-order valence-electron chi connectivity index (χ0n) is 10.6. The number of carbonyl (C=O) groups is 1. The second-order valence-electron chi connectivity index (χ2n) is 4.88. The highest BCUT2D eigenvalue weighted by Gasteiger charge is 2.27. The molecule has 18 heavy (non-hydrogen) atoms. The Morgan fingerprint density at radius 2 is 2.28 bits per heavy atom. The number of carbonyl (C=O) groups excluding carboxylic acids is 1. The molecule has 1 amide bonds. The molecule has 1 unspecified atom stereocenters. The van der Waals surface area contributed by atoms with Gasteiger partial charge in [-0.1, -0.05) is 0 Å². The minimum atomic E-state index is -0.635. The molecule has 0 bridgehead atoms. The molecule has 1 fully saturated rings. The molecule has 2 heterocycles. The SMILES string of the molecule is Cn1cc(C(N)C(=O)N2CCC(CO)CC2)cn1. The summed E-state index contributed by atoms with van der Waals surface area (Å²) < 4.78 is 1.64. The summed E-state index contributed by atoms with van der Waals surface area (Å²) in [4.78, 5) is 14.0. The fourth-order valence-electron chi connectivity index (χ4n) is 2.28. The number of amides is 1. The molecule has 0 aliphatic carbocycles. The molecule has 0 saturated carbocycles. The van der Waals surface area contributed by atoms with Crippen molar-refractivity contribution in [2.75, 3.05) is 19.7 Å². The Bertz CT molecular complexity index is 410. The third-order valence-corrected chi connectivity index (χ3v) is 3.53. The molecule has 6 heteroatoms. The van der Waals surface area contributed by atoms with E-state index < -0.39 is 6.04 Å². The Kier molecular flexibility index (Phi) is 3.98. The van der Waals surface area contributed by atoms with Crippen molar-refractivity contribution in [3.8, 4) is 0 Å². The monoisotopic (exact) mass is 252 g/mol. The van der Waals surface area contributed by atoms with Gasteiger partial charge in [0.05, 0.1) is 6.20 Å². The molecule has 1 aromatic rings. The van der Waals surface area contributed by atoms with Crippen LogP contribution in [0.1, 0.15) is 24.4 Å². The molecular weight excluding hydrogens is 232 g/mol. The van der Waals surface area contributed by atoms with Crippen LogP contribution in [0.25, 0.3) is 0 Å². The first-order chi connectivity index (χ1) is 8.61. The molecule has 0 radical (unpaired) electrons. The van der Waals surface area contributed by atoms with E-state index in [1.165, 1.54) is 0 Å². The topological polar surface area (TPSA) is 84.4 Å². The van der Waals surface area contributed by atoms with Crippen LogP contribution in [0.15, 0.2) is 12.4 Å². The first-order valence-corrected chi connectivity index (χ1v) is 6.25. The van der Waals surface area contributed by atoms with Crippen LogP contribution in [0, 0.1) is 5.92 Å². The smallest absolute Gasteiger partial charge is 0.244 e. The van der Waals surface area contributed by atoms with E-state index >= 15 is 0 Å². The molecule has 1 aliphatic heterocycles. The van der Waals surface area contributed by atoms with Crippen molar-refractivity contribution in [2.24, 2.45) is 18.7 Å². The van der Waals surface area contributed by atoms with E-state index in [4.69, 9.17) is 10.8 Å². The minimum Gasteiger partial charge on any atom is -0.396 e. The van der Waals surface area contributed by atoms with Gasteiger partial charge in [0, 0.05) is 38.5 Å². The van der Waals surface area contributed by atoms with Gasteiger partial charge in [0.1, 0.15) is 6.04 Å². The number of piperidine rings is 1.